The first-order chi connectivity index (χ1) is 10.6. The zero-order valence-corrected chi connectivity index (χ0v) is 12.8. The quantitative estimate of drug-likeness (QED) is 0.649. The third kappa shape index (κ3) is 3.43. The van der Waals surface area contributed by atoms with E-state index in [0.717, 1.165) is 16.9 Å². The van der Waals surface area contributed by atoms with E-state index in [4.69, 9.17) is 4.74 Å². The van der Waals surface area contributed by atoms with Crippen LogP contribution in [0, 0.1) is 0 Å². The zero-order chi connectivity index (χ0) is 16.1. The lowest BCUT2D eigenvalue weighted by atomic mass is 9.89. The number of aliphatic hydroxyl groups excluding tert-OH is 1. The van der Waals surface area contributed by atoms with Gasteiger partial charge in [-0.15, -0.1) is 6.58 Å². The van der Waals surface area contributed by atoms with Crippen molar-refractivity contribution in [3.05, 3.63) is 77.9 Å². The van der Waals surface area contributed by atoms with E-state index in [1.54, 1.807) is 37.5 Å². The lowest BCUT2D eigenvalue weighted by molar-refractivity contribution is 0.101. The SMILES string of the molecule is C=C[C@H](c1ccc(OC)cc1)[C@H](O)c1ccc(C(C)=O)cc1. The molecule has 114 valence electrons. The van der Waals surface area contributed by atoms with Crippen LogP contribution in [-0.2, 0) is 0 Å². The van der Waals surface area contributed by atoms with Gasteiger partial charge in [-0.05, 0) is 30.2 Å². The molecule has 2 aromatic carbocycles. The smallest absolute Gasteiger partial charge is 0.159 e. The van der Waals surface area contributed by atoms with Crippen molar-refractivity contribution in [1.29, 1.82) is 0 Å². The van der Waals surface area contributed by atoms with Gasteiger partial charge in [0.15, 0.2) is 5.78 Å². The van der Waals surface area contributed by atoms with E-state index in [1.165, 1.54) is 6.92 Å². The second-order valence-corrected chi connectivity index (χ2v) is 5.16. The molecule has 2 atom stereocenters. The van der Waals surface area contributed by atoms with Crippen molar-refractivity contribution < 1.29 is 14.6 Å². The Kier molecular flexibility index (Phi) is 5.12. The highest BCUT2D eigenvalue weighted by atomic mass is 16.5. The average Bonchev–Trinajstić information content (AvgIpc) is 2.56. The lowest BCUT2D eigenvalue weighted by Crippen LogP contribution is -2.09. The molecule has 1 N–H and O–H groups in total. The van der Waals surface area contributed by atoms with Crippen LogP contribution in [0.1, 0.15) is 40.4 Å². The molecule has 0 saturated heterocycles. The van der Waals surface area contributed by atoms with E-state index in [9.17, 15) is 9.90 Å². The molecular formula is C19H20O3. The standard InChI is InChI=1S/C19H20O3/c1-4-18(15-9-11-17(22-3)12-10-15)19(21)16-7-5-14(6-8-16)13(2)20/h4-12,18-19,21H,1H2,2-3H3/t18-,19-/m1/s1. The van der Waals surface area contributed by atoms with Crippen LogP contribution < -0.4 is 4.74 Å². The molecular weight excluding hydrogens is 276 g/mol. The number of ether oxygens (including phenoxy) is 1. The van der Waals surface area contributed by atoms with Gasteiger partial charge >= 0.3 is 0 Å². The maximum Gasteiger partial charge on any atom is 0.159 e. The maximum absolute atomic E-state index is 11.3. The molecule has 0 fully saturated rings. The Morgan fingerprint density at radius 2 is 1.64 bits per heavy atom. The number of ketones is 1. The Labute approximate surface area is 130 Å². The van der Waals surface area contributed by atoms with Gasteiger partial charge in [0, 0.05) is 11.5 Å². The third-order valence-corrected chi connectivity index (χ3v) is 3.75. The normalized spacial score (nSPS) is 13.2. The van der Waals surface area contributed by atoms with Crippen LogP contribution in [0.3, 0.4) is 0 Å². The van der Waals surface area contributed by atoms with E-state index < -0.39 is 6.10 Å². The highest BCUT2D eigenvalue weighted by Gasteiger charge is 2.20. The van der Waals surface area contributed by atoms with Crippen LogP contribution in [-0.4, -0.2) is 18.0 Å². The summed E-state index contributed by atoms with van der Waals surface area (Å²) in [5.41, 5.74) is 2.35. The lowest BCUT2D eigenvalue weighted by Gasteiger charge is -2.21. The molecule has 0 aromatic heterocycles. The Morgan fingerprint density at radius 3 is 2.09 bits per heavy atom. The van der Waals surface area contributed by atoms with Crippen LogP contribution in [0.4, 0.5) is 0 Å². The topological polar surface area (TPSA) is 46.5 Å². The van der Waals surface area contributed by atoms with Gasteiger partial charge in [-0.3, -0.25) is 4.79 Å². The fourth-order valence-corrected chi connectivity index (χ4v) is 2.40. The molecule has 0 heterocycles. The van der Waals surface area contributed by atoms with E-state index >= 15 is 0 Å². The number of Topliss-reactive ketones (excluding diaryl/α,β-unsaturated/α-hetero) is 1. The molecule has 22 heavy (non-hydrogen) atoms. The van der Waals surface area contributed by atoms with Gasteiger partial charge in [-0.25, -0.2) is 0 Å². The maximum atomic E-state index is 11.3. The number of carbonyl (C=O) groups is 1. The van der Waals surface area contributed by atoms with Gasteiger partial charge in [-0.1, -0.05) is 42.5 Å². The molecule has 3 nitrogen and oxygen atoms in total. The third-order valence-electron chi connectivity index (χ3n) is 3.75. The largest absolute Gasteiger partial charge is 0.497 e. The Balaban J connectivity index is 2.25. The van der Waals surface area contributed by atoms with Gasteiger partial charge in [0.2, 0.25) is 0 Å². The summed E-state index contributed by atoms with van der Waals surface area (Å²) in [6.45, 7) is 5.35. The number of methoxy groups -OCH3 is 1. The van der Waals surface area contributed by atoms with Crippen molar-refractivity contribution in [2.45, 2.75) is 18.9 Å². The van der Waals surface area contributed by atoms with Crippen molar-refractivity contribution in [1.82, 2.24) is 0 Å². The average molecular weight is 296 g/mol. The van der Waals surface area contributed by atoms with Crippen LogP contribution in [0.25, 0.3) is 0 Å². The first kappa shape index (κ1) is 16.0. The summed E-state index contributed by atoms with van der Waals surface area (Å²) in [6, 6.07) is 14.6. The molecule has 3 heteroatoms. The van der Waals surface area contributed by atoms with Crippen LogP contribution in [0.5, 0.6) is 5.75 Å². The van der Waals surface area contributed by atoms with Gasteiger partial charge in [-0.2, -0.15) is 0 Å². The summed E-state index contributed by atoms with van der Waals surface area (Å²) in [6.07, 6.45) is 1.01. The van der Waals surface area contributed by atoms with E-state index in [0.29, 0.717) is 5.56 Å². The number of aliphatic hydroxyl groups is 1. The van der Waals surface area contributed by atoms with Gasteiger partial charge < -0.3 is 9.84 Å². The molecule has 0 aliphatic rings. The molecule has 0 aliphatic heterocycles. The Hall–Kier alpha value is -2.39. The predicted molar refractivity (Wildman–Crippen MR) is 87.3 cm³/mol. The van der Waals surface area contributed by atoms with Gasteiger partial charge in [0.05, 0.1) is 13.2 Å². The highest BCUT2D eigenvalue weighted by Crippen LogP contribution is 2.32. The minimum Gasteiger partial charge on any atom is -0.497 e. The Bertz CT molecular complexity index is 641. The number of hydrogen-bond acceptors (Lipinski definition) is 3. The molecule has 2 aromatic rings. The summed E-state index contributed by atoms with van der Waals surface area (Å²) in [7, 11) is 1.62. The molecule has 0 unspecified atom stereocenters. The van der Waals surface area contributed by atoms with Gasteiger partial charge in [0.1, 0.15) is 5.75 Å². The minimum atomic E-state index is -0.716. The highest BCUT2D eigenvalue weighted by molar-refractivity contribution is 5.94. The van der Waals surface area contributed by atoms with Crippen molar-refractivity contribution >= 4 is 5.78 Å². The Morgan fingerprint density at radius 1 is 1.09 bits per heavy atom. The van der Waals surface area contributed by atoms with Crippen molar-refractivity contribution in [2.75, 3.05) is 7.11 Å². The molecule has 0 bridgehead atoms. The number of carbonyl (C=O) groups excluding carboxylic acids is 1. The first-order valence-electron chi connectivity index (χ1n) is 7.12. The second-order valence-electron chi connectivity index (χ2n) is 5.16. The fourth-order valence-electron chi connectivity index (χ4n) is 2.40. The molecule has 0 radical (unpaired) electrons. The fraction of sp³-hybridized carbons (Fsp3) is 0.211. The van der Waals surface area contributed by atoms with Crippen LogP contribution in [0.2, 0.25) is 0 Å². The molecule has 2 rings (SSSR count). The number of benzene rings is 2. The van der Waals surface area contributed by atoms with Gasteiger partial charge in [0.25, 0.3) is 0 Å². The number of hydrogen-bond donors (Lipinski definition) is 1. The predicted octanol–water partition coefficient (Wildman–Crippen LogP) is 3.90. The van der Waals surface area contributed by atoms with E-state index in [-0.39, 0.29) is 11.7 Å². The summed E-state index contributed by atoms with van der Waals surface area (Å²) in [5.74, 6) is 0.553. The van der Waals surface area contributed by atoms with Crippen molar-refractivity contribution in [3.8, 4) is 5.75 Å². The summed E-state index contributed by atoms with van der Waals surface area (Å²) < 4.78 is 5.14. The molecule has 0 spiro atoms. The molecule has 0 saturated carbocycles. The molecule has 0 amide bonds. The monoisotopic (exact) mass is 296 g/mol. The summed E-state index contributed by atoms with van der Waals surface area (Å²) in [5, 5.41) is 10.6. The first-order valence-corrected chi connectivity index (χ1v) is 7.12. The number of rotatable bonds is 6. The minimum absolute atomic E-state index is 0.0106. The van der Waals surface area contributed by atoms with Crippen LogP contribution >= 0.6 is 0 Å². The van der Waals surface area contributed by atoms with Crippen molar-refractivity contribution in [2.24, 2.45) is 0 Å². The van der Waals surface area contributed by atoms with Crippen molar-refractivity contribution in [3.63, 3.8) is 0 Å². The summed E-state index contributed by atoms with van der Waals surface area (Å²) >= 11 is 0. The second kappa shape index (κ2) is 7.05. The summed E-state index contributed by atoms with van der Waals surface area (Å²) in [4.78, 5) is 11.3. The van der Waals surface area contributed by atoms with Crippen LogP contribution in [0.15, 0.2) is 61.2 Å². The van der Waals surface area contributed by atoms with E-state index in [2.05, 4.69) is 6.58 Å². The molecule has 0 aliphatic carbocycles. The zero-order valence-electron chi connectivity index (χ0n) is 12.8. The van der Waals surface area contributed by atoms with E-state index in [1.807, 2.05) is 24.3 Å².